The molecule has 0 aliphatic heterocycles. The SMILES string of the molecule is CCOC(=O)c1nn(C)c(N(C)CC(F)(F)F)c1C. The highest BCUT2D eigenvalue weighted by Crippen LogP contribution is 2.25. The van der Waals surface area contributed by atoms with Crippen molar-refractivity contribution >= 4 is 11.8 Å². The van der Waals surface area contributed by atoms with Crippen LogP contribution in [0.25, 0.3) is 0 Å². The molecular weight excluding hydrogens is 263 g/mol. The molecule has 0 amide bonds. The molecule has 19 heavy (non-hydrogen) atoms. The van der Waals surface area contributed by atoms with Crippen LogP contribution < -0.4 is 4.90 Å². The normalized spacial score (nSPS) is 11.5. The molecule has 0 aliphatic carbocycles. The second kappa shape index (κ2) is 5.50. The van der Waals surface area contributed by atoms with E-state index in [9.17, 15) is 18.0 Å². The molecule has 1 aromatic heterocycles. The van der Waals surface area contributed by atoms with E-state index in [2.05, 4.69) is 5.10 Å². The number of aromatic nitrogens is 2. The van der Waals surface area contributed by atoms with Crippen LogP contribution in [0.2, 0.25) is 0 Å². The quantitative estimate of drug-likeness (QED) is 0.790. The van der Waals surface area contributed by atoms with Gasteiger partial charge in [0.05, 0.1) is 6.61 Å². The third-order valence-electron chi connectivity index (χ3n) is 2.49. The Bertz CT molecular complexity index is 468. The number of anilines is 1. The third kappa shape index (κ3) is 3.62. The predicted octanol–water partition coefficient (Wildman–Crippen LogP) is 1.90. The van der Waals surface area contributed by atoms with Gasteiger partial charge in [0.1, 0.15) is 12.4 Å². The molecule has 0 spiro atoms. The number of alkyl halides is 3. The summed E-state index contributed by atoms with van der Waals surface area (Å²) >= 11 is 0. The number of hydrogen-bond donors (Lipinski definition) is 0. The van der Waals surface area contributed by atoms with Crippen LogP contribution in [0.4, 0.5) is 19.0 Å². The fourth-order valence-corrected chi connectivity index (χ4v) is 1.89. The number of halogens is 3. The molecule has 0 fully saturated rings. The molecule has 0 unspecified atom stereocenters. The van der Waals surface area contributed by atoms with Crippen molar-refractivity contribution in [3.05, 3.63) is 11.3 Å². The highest BCUT2D eigenvalue weighted by molar-refractivity contribution is 5.90. The second-order valence-corrected chi connectivity index (χ2v) is 4.11. The van der Waals surface area contributed by atoms with Gasteiger partial charge in [0.15, 0.2) is 5.69 Å². The van der Waals surface area contributed by atoms with Gasteiger partial charge in [0.2, 0.25) is 0 Å². The molecule has 0 aliphatic rings. The van der Waals surface area contributed by atoms with Crippen LogP contribution in [0.1, 0.15) is 23.0 Å². The zero-order valence-electron chi connectivity index (χ0n) is 11.2. The van der Waals surface area contributed by atoms with E-state index < -0.39 is 18.7 Å². The average molecular weight is 279 g/mol. The van der Waals surface area contributed by atoms with E-state index in [0.717, 1.165) is 4.90 Å². The van der Waals surface area contributed by atoms with Crippen molar-refractivity contribution < 1.29 is 22.7 Å². The summed E-state index contributed by atoms with van der Waals surface area (Å²) in [6.07, 6.45) is -4.32. The molecule has 1 rings (SSSR count). The van der Waals surface area contributed by atoms with Gasteiger partial charge in [-0.25, -0.2) is 4.79 Å². The fraction of sp³-hybridized carbons (Fsp3) is 0.636. The third-order valence-corrected chi connectivity index (χ3v) is 2.49. The van der Waals surface area contributed by atoms with Crippen molar-refractivity contribution in [3.63, 3.8) is 0 Å². The Hall–Kier alpha value is -1.73. The van der Waals surface area contributed by atoms with Gasteiger partial charge in [-0.3, -0.25) is 4.68 Å². The van der Waals surface area contributed by atoms with Crippen molar-refractivity contribution in [1.82, 2.24) is 9.78 Å². The van der Waals surface area contributed by atoms with E-state index in [1.807, 2.05) is 0 Å². The topological polar surface area (TPSA) is 47.4 Å². The molecule has 0 bridgehead atoms. The van der Waals surface area contributed by atoms with Gasteiger partial charge < -0.3 is 9.64 Å². The minimum atomic E-state index is -4.32. The molecule has 0 N–H and O–H groups in total. The van der Waals surface area contributed by atoms with Crippen LogP contribution in [0.15, 0.2) is 0 Å². The van der Waals surface area contributed by atoms with Crippen LogP contribution in [0.3, 0.4) is 0 Å². The summed E-state index contributed by atoms with van der Waals surface area (Å²) in [5.74, 6) is -0.400. The molecule has 8 heteroatoms. The number of rotatable bonds is 4. The summed E-state index contributed by atoms with van der Waals surface area (Å²) in [5.41, 5.74) is 0.404. The lowest BCUT2D eigenvalue weighted by Gasteiger charge is -2.21. The molecule has 5 nitrogen and oxygen atoms in total. The van der Waals surface area contributed by atoms with Crippen LogP contribution in [0, 0.1) is 6.92 Å². The van der Waals surface area contributed by atoms with Crippen molar-refractivity contribution in [3.8, 4) is 0 Å². The Kier molecular flexibility index (Phi) is 4.43. The van der Waals surface area contributed by atoms with Gasteiger partial charge in [-0.1, -0.05) is 0 Å². The van der Waals surface area contributed by atoms with E-state index in [1.54, 1.807) is 13.8 Å². The van der Waals surface area contributed by atoms with Crippen molar-refractivity contribution in [2.45, 2.75) is 20.0 Å². The van der Waals surface area contributed by atoms with Gasteiger partial charge >= 0.3 is 12.1 Å². The maximum Gasteiger partial charge on any atom is 0.405 e. The Balaban J connectivity index is 3.06. The molecule has 108 valence electrons. The zero-order chi connectivity index (χ0) is 14.8. The number of hydrogen-bond acceptors (Lipinski definition) is 4. The van der Waals surface area contributed by atoms with Gasteiger partial charge in [0, 0.05) is 19.7 Å². The van der Waals surface area contributed by atoms with E-state index in [4.69, 9.17) is 4.74 Å². The van der Waals surface area contributed by atoms with Crippen LogP contribution in [0.5, 0.6) is 0 Å². The second-order valence-electron chi connectivity index (χ2n) is 4.11. The minimum absolute atomic E-state index is 0.0355. The lowest BCUT2D eigenvalue weighted by molar-refractivity contribution is -0.119. The Morgan fingerprint density at radius 2 is 2.05 bits per heavy atom. The predicted molar refractivity (Wildman–Crippen MR) is 63.2 cm³/mol. The van der Waals surface area contributed by atoms with E-state index in [1.165, 1.54) is 18.8 Å². The zero-order valence-corrected chi connectivity index (χ0v) is 11.2. The summed E-state index contributed by atoms with van der Waals surface area (Å²) in [6, 6.07) is 0. The van der Waals surface area contributed by atoms with Gasteiger partial charge in [-0.2, -0.15) is 18.3 Å². The molecule has 0 saturated heterocycles. The molecular formula is C11H16F3N3O2. The molecule has 0 aromatic carbocycles. The standard InChI is InChI=1S/C11H16F3N3O2/c1-5-19-10(18)8-7(2)9(17(4)15-8)16(3)6-11(12,13)14/h5-6H2,1-4H3. The molecule has 0 radical (unpaired) electrons. The van der Waals surface area contributed by atoms with Crippen molar-refractivity contribution in [1.29, 1.82) is 0 Å². The van der Waals surface area contributed by atoms with Crippen LogP contribution in [-0.4, -0.2) is 42.1 Å². The maximum absolute atomic E-state index is 12.4. The van der Waals surface area contributed by atoms with Gasteiger partial charge in [-0.05, 0) is 13.8 Å². The molecule has 0 saturated carbocycles. The van der Waals surface area contributed by atoms with Gasteiger partial charge in [-0.15, -0.1) is 0 Å². The first-order chi connectivity index (χ1) is 8.67. The average Bonchev–Trinajstić information content (AvgIpc) is 2.52. The Morgan fingerprint density at radius 1 is 1.47 bits per heavy atom. The molecule has 1 heterocycles. The number of aryl methyl sites for hydroxylation is 1. The first-order valence-corrected chi connectivity index (χ1v) is 5.66. The van der Waals surface area contributed by atoms with E-state index in [-0.39, 0.29) is 18.1 Å². The number of carbonyl (C=O) groups is 1. The highest BCUT2D eigenvalue weighted by atomic mass is 19.4. The fourth-order valence-electron chi connectivity index (χ4n) is 1.89. The Labute approximate surface area is 108 Å². The summed E-state index contributed by atoms with van der Waals surface area (Å²) in [7, 11) is 2.78. The number of carbonyl (C=O) groups excluding carboxylic acids is 1. The smallest absolute Gasteiger partial charge is 0.405 e. The first-order valence-electron chi connectivity index (χ1n) is 5.66. The number of ether oxygens (including phenoxy) is 1. The highest BCUT2D eigenvalue weighted by Gasteiger charge is 2.32. The molecule has 0 atom stereocenters. The van der Waals surface area contributed by atoms with Crippen LogP contribution in [-0.2, 0) is 11.8 Å². The summed E-state index contributed by atoms with van der Waals surface area (Å²) in [6.45, 7) is 2.26. The number of esters is 1. The summed E-state index contributed by atoms with van der Waals surface area (Å²) < 4.78 is 43.2. The first kappa shape index (κ1) is 15.3. The lowest BCUT2D eigenvalue weighted by atomic mass is 10.2. The monoisotopic (exact) mass is 279 g/mol. The lowest BCUT2D eigenvalue weighted by Crippen LogP contribution is -2.32. The number of nitrogens with zero attached hydrogens (tertiary/aromatic N) is 3. The summed E-state index contributed by atoms with van der Waals surface area (Å²) in [4.78, 5) is 12.6. The maximum atomic E-state index is 12.4. The van der Waals surface area contributed by atoms with Gasteiger partial charge in [0.25, 0.3) is 0 Å². The van der Waals surface area contributed by atoms with Crippen LogP contribution >= 0.6 is 0 Å². The van der Waals surface area contributed by atoms with E-state index >= 15 is 0 Å². The van der Waals surface area contributed by atoms with Crippen molar-refractivity contribution in [2.75, 3.05) is 25.1 Å². The van der Waals surface area contributed by atoms with E-state index in [0.29, 0.717) is 5.56 Å². The minimum Gasteiger partial charge on any atom is -0.461 e. The largest absolute Gasteiger partial charge is 0.461 e. The van der Waals surface area contributed by atoms with Crippen molar-refractivity contribution in [2.24, 2.45) is 7.05 Å². The summed E-state index contributed by atoms with van der Waals surface area (Å²) in [5, 5.41) is 3.91. The Morgan fingerprint density at radius 3 is 2.53 bits per heavy atom. The molecule has 1 aromatic rings.